The summed E-state index contributed by atoms with van der Waals surface area (Å²) in [5, 5.41) is 10.5. The summed E-state index contributed by atoms with van der Waals surface area (Å²) in [4.78, 5) is 59.7. The summed E-state index contributed by atoms with van der Waals surface area (Å²) >= 11 is 0. The number of nitrogens with zero attached hydrogens (tertiary/aromatic N) is 1. The molecule has 4 aromatic rings. The van der Waals surface area contributed by atoms with Crippen LogP contribution in [0.3, 0.4) is 0 Å². The van der Waals surface area contributed by atoms with Gasteiger partial charge in [-0.3, -0.25) is 24.1 Å². The Bertz CT molecular complexity index is 2030. The van der Waals surface area contributed by atoms with Crippen LogP contribution in [0.25, 0.3) is 5.57 Å². The molecular formula is C42H35NO5. The molecule has 1 heterocycles. The minimum atomic E-state index is -1.29. The summed E-state index contributed by atoms with van der Waals surface area (Å²) in [5.74, 6) is -3.53. The zero-order valence-corrected chi connectivity index (χ0v) is 26.6. The van der Waals surface area contributed by atoms with Gasteiger partial charge in [-0.1, -0.05) is 115 Å². The van der Waals surface area contributed by atoms with Gasteiger partial charge in [-0.05, 0) is 65.6 Å². The first-order valence-electron chi connectivity index (χ1n) is 16.6. The smallest absolute Gasteiger partial charge is 0.234 e. The van der Waals surface area contributed by atoms with E-state index < -0.39 is 35.0 Å². The monoisotopic (exact) mass is 633 g/mol. The number of carbonyl (C=O) groups is 4. The third-order valence-corrected chi connectivity index (χ3v) is 11.2. The number of ketones is 2. The first-order valence-corrected chi connectivity index (χ1v) is 16.6. The van der Waals surface area contributed by atoms with Gasteiger partial charge in [0.2, 0.25) is 11.8 Å². The van der Waals surface area contributed by atoms with E-state index in [1.54, 1.807) is 6.07 Å². The number of allylic oxidation sites excluding steroid dienone is 4. The summed E-state index contributed by atoms with van der Waals surface area (Å²) < 4.78 is 0. The molecule has 0 radical (unpaired) electrons. The number of Topliss-reactive ketones (excluding diaryl/α,β-unsaturated/α-hetero) is 1. The van der Waals surface area contributed by atoms with Crippen LogP contribution in [-0.2, 0) is 31.1 Å². The Morgan fingerprint density at radius 2 is 1.46 bits per heavy atom. The van der Waals surface area contributed by atoms with Crippen molar-refractivity contribution in [2.24, 2.45) is 23.7 Å². The highest BCUT2D eigenvalue weighted by molar-refractivity contribution is 6.31. The van der Waals surface area contributed by atoms with Crippen LogP contribution >= 0.6 is 0 Å². The number of hydrogen-bond donors (Lipinski definition) is 1. The molecule has 2 fully saturated rings. The van der Waals surface area contributed by atoms with Gasteiger partial charge in [0, 0.05) is 17.4 Å². The molecule has 6 nitrogen and oxygen atoms in total. The average Bonchev–Trinajstić information content (AvgIpc) is 3.36. The number of rotatable bonds is 5. The summed E-state index contributed by atoms with van der Waals surface area (Å²) in [6.45, 7) is 2.02. The van der Waals surface area contributed by atoms with Crippen LogP contribution in [0.5, 0.6) is 5.75 Å². The first-order chi connectivity index (χ1) is 23.3. The van der Waals surface area contributed by atoms with Crippen LogP contribution in [-0.4, -0.2) is 33.4 Å². The minimum Gasteiger partial charge on any atom is -0.508 e. The fraction of sp³-hybridized carbons (Fsp3) is 0.238. The maximum atomic E-state index is 15.1. The lowest BCUT2D eigenvalue weighted by Gasteiger charge is -2.55. The molecule has 0 bridgehead atoms. The molecule has 2 amide bonds. The number of aryl methyl sites for hydroxylation is 1. The quantitative estimate of drug-likeness (QED) is 0.195. The molecule has 0 spiro atoms. The molecule has 4 aromatic carbocycles. The number of likely N-dealkylation sites (tertiary alicyclic amines) is 1. The standard InChI is InChI=1S/C42H35NO5/c1-25-21-28(17-20-35(25)44)38-30-18-19-31-37(41(48)43(40(31)47)24-26-11-5-2-6-12-26)33(30)22-34-39(46)32(27-13-7-3-8-14-27)23-36(45)42(34,38)29-15-9-4-10-16-29/h2-18,20-21,23,31,33-34,37-38,44H,19,22,24H2,1H3. The molecule has 1 saturated heterocycles. The molecule has 238 valence electrons. The number of hydrogen-bond acceptors (Lipinski definition) is 5. The van der Waals surface area contributed by atoms with Gasteiger partial charge in [-0.15, -0.1) is 0 Å². The topological polar surface area (TPSA) is 91.8 Å². The van der Waals surface area contributed by atoms with E-state index in [0.29, 0.717) is 23.1 Å². The first kappa shape index (κ1) is 30.0. The van der Waals surface area contributed by atoms with Crippen molar-refractivity contribution >= 4 is 29.0 Å². The van der Waals surface area contributed by atoms with E-state index in [-0.39, 0.29) is 42.1 Å². The Hall–Kier alpha value is -5.36. The van der Waals surface area contributed by atoms with Crippen molar-refractivity contribution in [1.29, 1.82) is 0 Å². The van der Waals surface area contributed by atoms with E-state index in [1.165, 1.54) is 11.0 Å². The lowest BCUT2D eigenvalue weighted by atomic mass is 9.44. The van der Waals surface area contributed by atoms with Gasteiger partial charge in [0.15, 0.2) is 11.6 Å². The van der Waals surface area contributed by atoms with Crippen LogP contribution in [0.15, 0.2) is 127 Å². The molecule has 1 saturated carbocycles. The number of carbonyl (C=O) groups excluding carboxylic acids is 4. The maximum absolute atomic E-state index is 15.1. The average molecular weight is 634 g/mol. The molecule has 0 aromatic heterocycles. The predicted octanol–water partition coefficient (Wildman–Crippen LogP) is 6.73. The van der Waals surface area contributed by atoms with Crippen molar-refractivity contribution in [3.63, 3.8) is 0 Å². The molecule has 6 heteroatoms. The fourth-order valence-corrected chi connectivity index (χ4v) is 9.09. The largest absolute Gasteiger partial charge is 0.508 e. The lowest BCUT2D eigenvalue weighted by molar-refractivity contribution is -0.141. The van der Waals surface area contributed by atoms with E-state index >= 15 is 4.79 Å². The summed E-state index contributed by atoms with van der Waals surface area (Å²) in [6, 6.07) is 33.7. The molecule has 48 heavy (non-hydrogen) atoms. The van der Waals surface area contributed by atoms with Crippen LogP contribution in [0.4, 0.5) is 0 Å². The van der Waals surface area contributed by atoms with Gasteiger partial charge in [0.1, 0.15) is 5.75 Å². The second-order valence-electron chi connectivity index (χ2n) is 13.6. The maximum Gasteiger partial charge on any atom is 0.234 e. The van der Waals surface area contributed by atoms with Gasteiger partial charge in [-0.2, -0.15) is 0 Å². The Kier molecular flexibility index (Phi) is 7.13. The number of fused-ring (bicyclic) bond motifs is 4. The normalized spacial score (nSPS) is 27.9. The Morgan fingerprint density at radius 1 is 0.792 bits per heavy atom. The van der Waals surface area contributed by atoms with Gasteiger partial charge < -0.3 is 5.11 Å². The Morgan fingerprint density at radius 3 is 2.15 bits per heavy atom. The highest BCUT2D eigenvalue weighted by Crippen LogP contribution is 2.63. The van der Waals surface area contributed by atoms with Gasteiger partial charge in [0.25, 0.3) is 0 Å². The zero-order valence-electron chi connectivity index (χ0n) is 26.6. The van der Waals surface area contributed by atoms with Crippen LogP contribution < -0.4 is 0 Å². The fourth-order valence-electron chi connectivity index (χ4n) is 9.09. The van der Waals surface area contributed by atoms with Crippen molar-refractivity contribution in [1.82, 2.24) is 4.90 Å². The zero-order chi connectivity index (χ0) is 33.2. The molecule has 1 aliphatic heterocycles. The van der Waals surface area contributed by atoms with Crippen molar-refractivity contribution in [2.75, 3.05) is 0 Å². The van der Waals surface area contributed by atoms with Crippen molar-refractivity contribution in [2.45, 2.75) is 37.6 Å². The van der Waals surface area contributed by atoms with Gasteiger partial charge in [0.05, 0.1) is 23.8 Å². The van der Waals surface area contributed by atoms with E-state index in [9.17, 15) is 19.5 Å². The van der Waals surface area contributed by atoms with E-state index in [0.717, 1.165) is 22.3 Å². The molecule has 4 aliphatic rings. The third-order valence-electron chi connectivity index (χ3n) is 11.2. The van der Waals surface area contributed by atoms with Crippen molar-refractivity contribution in [3.05, 3.63) is 155 Å². The Balaban J connectivity index is 1.34. The molecule has 6 atom stereocenters. The number of benzene rings is 4. The highest BCUT2D eigenvalue weighted by atomic mass is 16.3. The number of phenols is 1. The number of imide groups is 1. The van der Waals surface area contributed by atoms with E-state index in [1.807, 2.05) is 110 Å². The van der Waals surface area contributed by atoms with E-state index in [4.69, 9.17) is 0 Å². The highest BCUT2D eigenvalue weighted by Gasteiger charge is 2.65. The third kappa shape index (κ3) is 4.39. The molecule has 1 N–H and O–H groups in total. The number of amides is 2. The summed E-state index contributed by atoms with van der Waals surface area (Å²) in [6.07, 6.45) is 4.25. The predicted molar refractivity (Wildman–Crippen MR) is 181 cm³/mol. The second kappa shape index (κ2) is 11.4. The molecule has 8 rings (SSSR count). The van der Waals surface area contributed by atoms with Crippen LogP contribution in [0, 0.1) is 30.6 Å². The lowest BCUT2D eigenvalue weighted by Crippen LogP contribution is -2.58. The van der Waals surface area contributed by atoms with Crippen molar-refractivity contribution in [3.8, 4) is 5.75 Å². The van der Waals surface area contributed by atoms with Crippen LogP contribution in [0.2, 0.25) is 0 Å². The van der Waals surface area contributed by atoms with Gasteiger partial charge in [-0.25, -0.2) is 0 Å². The van der Waals surface area contributed by atoms with Gasteiger partial charge >= 0.3 is 0 Å². The molecule has 6 unspecified atom stereocenters. The Labute approximate surface area is 279 Å². The summed E-state index contributed by atoms with van der Waals surface area (Å²) in [7, 11) is 0. The number of aromatic hydroxyl groups is 1. The minimum absolute atomic E-state index is 0.135. The van der Waals surface area contributed by atoms with Crippen molar-refractivity contribution < 1.29 is 24.3 Å². The second-order valence-corrected chi connectivity index (χ2v) is 13.6. The van der Waals surface area contributed by atoms with Crippen LogP contribution in [0.1, 0.15) is 46.6 Å². The summed E-state index contributed by atoms with van der Waals surface area (Å²) in [5.41, 5.74) is 3.75. The SMILES string of the molecule is Cc1cc(C2C3=CCC4C(=O)N(Cc5ccccc5)C(=O)C4C3CC3C(=O)C(c4ccccc4)=CC(=O)C32c2ccccc2)ccc1O. The molecule has 3 aliphatic carbocycles. The van der Waals surface area contributed by atoms with E-state index in [2.05, 4.69) is 6.08 Å². The molecular weight excluding hydrogens is 598 g/mol. The number of phenolic OH excluding ortho intramolecular Hbond substituents is 1.